The summed E-state index contributed by atoms with van der Waals surface area (Å²) >= 11 is 17.5. The maximum absolute atomic E-state index is 8.02. The molecule has 1 aromatic carbocycles. The van der Waals surface area contributed by atoms with Crippen LogP contribution in [0.2, 0.25) is 0 Å². The molecule has 0 amide bonds. The van der Waals surface area contributed by atoms with E-state index in [2.05, 4.69) is 19.7 Å². The summed E-state index contributed by atoms with van der Waals surface area (Å²) < 4.78 is 33.5. The minimum atomic E-state index is -2.08. The van der Waals surface area contributed by atoms with Gasteiger partial charge in [0.1, 0.15) is 24.4 Å². The molecule has 1 aromatic rings. The molecule has 0 bridgehead atoms. The molecule has 10 heteroatoms. The van der Waals surface area contributed by atoms with Gasteiger partial charge in [0.25, 0.3) is 3.79 Å². The molecule has 0 aliphatic carbocycles. The Labute approximate surface area is 215 Å². The number of hydrogen-bond donors (Lipinski definition) is 1. The van der Waals surface area contributed by atoms with E-state index in [1.807, 2.05) is 30.3 Å². The van der Waals surface area contributed by atoms with Crippen molar-refractivity contribution < 1.29 is 28.4 Å². The van der Waals surface area contributed by atoms with Crippen LogP contribution in [0.5, 0.6) is 0 Å². The van der Waals surface area contributed by atoms with E-state index in [-0.39, 0.29) is 26.4 Å². The van der Waals surface area contributed by atoms with Crippen molar-refractivity contribution in [2.75, 3.05) is 26.4 Å². The second-order valence-electron chi connectivity index (χ2n) is 7.25. The highest BCUT2D eigenvalue weighted by Crippen LogP contribution is 2.33. The number of hydrogen-bond acceptors (Lipinski definition) is 7. The summed E-state index contributed by atoms with van der Waals surface area (Å²) in [5, 5.41) is 8.02. The highest BCUT2D eigenvalue weighted by molar-refractivity contribution is 6.76. The van der Waals surface area contributed by atoms with Gasteiger partial charge < -0.3 is 28.4 Å². The standard InChI is InChI=1S/C24H30Cl3NO6/c1-4-12-30-19-18(16-29-15-17-10-8-7-9-11-17)33-22(34-23(28)24(25,26)27)21(32-14-6-3)20(19)31-13-5-2/h4-11,18-22,28H,1-3,12-16H2/t18-,19-,20+,21-,22-/m1/s1. The smallest absolute Gasteiger partial charge is 0.265 e. The topological polar surface area (TPSA) is 79.2 Å². The number of nitrogens with one attached hydrogen (secondary N) is 1. The fourth-order valence-corrected chi connectivity index (χ4v) is 3.40. The van der Waals surface area contributed by atoms with Gasteiger partial charge in [-0.25, -0.2) is 0 Å². The SMILES string of the molecule is C=CCO[C@@H]1[C@@H](OCC=C)[C@@H](OC(=N)C(Cl)(Cl)Cl)O[C@H](COCc2ccccc2)[C@H]1OCC=C. The third kappa shape index (κ3) is 8.98. The molecule has 0 unspecified atom stereocenters. The number of ether oxygens (including phenoxy) is 6. The fourth-order valence-electron chi connectivity index (χ4n) is 3.26. The Morgan fingerprint density at radius 2 is 1.47 bits per heavy atom. The molecule has 0 saturated carbocycles. The van der Waals surface area contributed by atoms with Gasteiger partial charge in [0.15, 0.2) is 0 Å². The van der Waals surface area contributed by atoms with Crippen molar-refractivity contribution in [3.05, 3.63) is 73.9 Å². The van der Waals surface area contributed by atoms with Gasteiger partial charge >= 0.3 is 0 Å². The highest BCUT2D eigenvalue weighted by Gasteiger charge is 2.50. The van der Waals surface area contributed by atoms with Crippen molar-refractivity contribution in [1.29, 1.82) is 5.41 Å². The molecule has 5 atom stereocenters. The van der Waals surface area contributed by atoms with E-state index < -0.39 is 40.4 Å². The quantitative estimate of drug-likeness (QED) is 0.157. The summed E-state index contributed by atoms with van der Waals surface area (Å²) in [6.07, 6.45) is 0.831. The lowest BCUT2D eigenvalue weighted by atomic mass is 9.98. The Balaban J connectivity index is 2.29. The molecule has 0 spiro atoms. The number of benzene rings is 1. The van der Waals surface area contributed by atoms with E-state index in [1.165, 1.54) is 0 Å². The first-order chi connectivity index (χ1) is 16.3. The molecule has 34 heavy (non-hydrogen) atoms. The maximum Gasteiger partial charge on any atom is 0.265 e. The van der Waals surface area contributed by atoms with Crippen LogP contribution in [0.4, 0.5) is 0 Å². The molecule has 0 radical (unpaired) electrons. The highest BCUT2D eigenvalue weighted by atomic mass is 35.6. The van der Waals surface area contributed by atoms with Gasteiger partial charge in [-0.05, 0) is 5.56 Å². The van der Waals surface area contributed by atoms with Crippen molar-refractivity contribution in [2.24, 2.45) is 0 Å². The molecule has 188 valence electrons. The predicted octanol–water partition coefficient (Wildman–Crippen LogP) is 5.01. The van der Waals surface area contributed by atoms with E-state index in [9.17, 15) is 0 Å². The molecule has 1 aliphatic rings. The summed E-state index contributed by atoms with van der Waals surface area (Å²) in [6, 6.07) is 9.70. The Bertz CT molecular complexity index is 789. The van der Waals surface area contributed by atoms with Crippen LogP contribution in [0.1, 0.15) is 5.56 Å². The molecule has 0 aromatic heterocycles. The van der Waals surface area contributed by atoms with Gasteiger partial charge in [-0.15, -0.1) is 19.7 Å². The van der Waals surface area contributed by atoms with Crippen LogP contribution in [-0.4, -0.2) is 66.8 Å². The Hall–Kier alpha value is -1.42. The molecular formula is C24H30Cl3NO6. The second-order valence-corrected chi connectivity index (χ2v) is 9.53. The van der Waals surface area contributed by atoms with Crippen LogP contribution in [0, 0.1) is 5.41 Å². The van der Waals surface area contributed by atoms with E-state index in [0.717, 1.165) is 5.56 Å². The van der Waals surface area contributed by atoms with Crippen LogP contribution in [0.3, 0.4) is 0 Å². The number of alkyl halides is 3. The Morgan fingerprint density at radius 1 is 0.912 bits per heavy atom. The minimum absolute atomic E-state index is 0.139. The average Bonchev–Trinajstić information content (AvgIpc) is 2.81. The van der Waals surface area contributed by atoms with E-state index in [0.29, 0.717) is 6.61 Å². The fraction of sp³-hybridized carbons (Fsp3) is 0.458. The molecule has 1 fully saturated rings. The molecule has 2 rings (SSSR count). The molecule has 7 nitrogen and oxygen atoms in total. The first kappa shape index (κ1) is 28.8. The largest absolute Gasteiger partial charge is 0.445 e. The van der Waals surface area contributed by atoms with Gasteiger partial charge in [-0.3, -0.25) is 5.41 Å². The first-order valence-corrected chi connectivity index (χ1v) is 11.7. The normalized spacial score (nSPS) is 24.9. The number of halogens is 3. The van der Waals surface area contributed by atoms with Gasteiger partial charge in [-0.1, -0.05) is 83.4 Å². The summed E-state index contributed by atoms with van der Waals surface area (Å²) in [5.41, 5.74) is 0.999. The summed E-state index contributed by atoms with van der Waals surface area (Å²) in [5.74, 6) is -0.619. The lowest BCUT2D eigenvalue weighted by Crippen LogP contribution is -2.62. The molecular weight excluding hydrogens is 505 g/mol. The second kappa shape index (κ2) is 14.9. The zero-order chi connectivity index (χ0) is 25.0. The van der Waals surface area contributed by atoms with Crippen molar-refractivity contribution in [3.63, 3.8) is 0 Å². The number of rotatable bonds is 14. The van der Waals surface area contributed by atoms with Crippen molar-refractivity contribution in [2.45, 2.75) is 41.1 Å². The zero-order valence-corrected chi connectivity index (χ0v) is 21.0. The van der Waals surface area contributed by atoms with E-state index >= 15 is 0 Å². The van der Waals surface area contributed by atoms with Gasteiger partial charge in [0.2, 0.25) is 12.2 Å². The van der Waals surface area contributed by atoms with Crippen LogP contribution >= 0.6 is 34.8 Å². The maximum atomic E-state index is 8.02. The predicted molar refractivity (Wildman–Crippen MR) is 134 cm³/mol. The molecule has 1 saturated heterocycles. The minimum Gasteiger partial charge on any atom is -0.445 e. The van der Waals surface area contributed by atoms with Gasteiger partial charge in [0, 0.05) is 0 Å². The summed E-state index contributed by atoms with van der Waals surface area (Å²) in [7, 11) is 0. The third-order valence-corrected chi connectivity index (χ3v) is 5.21. The lowest BCUT2D eigenvalue weighted by molar-refractivity contribution is -0.304. The first-order valence-electron chi connectivity index (χ1n) is 10.6. The molecule has 1 N–H and O–H groups in total. The Kier molecular flexibility index (Phi) is 12.6. The van der Waals surface area contributed by atoms with Crippen LogP contribution in [0.25, 0.3) is 0 Å². The van der Waals surface area contributed by atoms with Gasteiger partial charge in [-0.2, -0.15) is 0 Å². The van der Waals surface area contributed by atoms with Crippen molar-refractivity contribution >= 4 is 40.7 Å². The van der Waals surface area contributed by atoms with E-state index in [4.69, 9.17) is 68.6 Å². The Morgan fingerprint density at radius 3 is 2.03 bits per heavy atom. The molecule has 1 heterocycles. The zero-order valence-electron chi connectivity index (χ0n) is 18.7. The lowest BCUT2D eigenvalue weighted by Gasteiger charge is -2.45. The van der Waals surface area contributed by atoms with Crippen molar-refractivity contribution in [3.8, 4) is 0 Å². The van der Waals surface area contributed by atoms with Crippen LogP contribution in [0.15, 0.2) is 68.3 Å². The monoisotopic (exact) mass is 533 g/mol. The van der Waals surface area contributed by atoms with Crippen LogP contribution in [-0.2, 0) is 35.0 Å². The molecule has 1 aliphatic heterocycles. The van der Waals surface area contributed by atoms with Crippen LogP contribution < -0.4 is 0 Å². The summed E-state index contributed by atoms with van der Waals surface area (Å²) in [6.45, 7) is 12.2. The van der Waals surface area contributed by atoms with E-state index in [1.54, 1.807) is 18.2 Å². The van der Waals surface area contributed by atoms with Crippen molar-refractivity contribution in [1.82, 2.24) is 0 Å². The third-order valence-electron chi connectivity index (χ3n) is 4.70. The summed E-state index contributed by atoms with van der Waals surface area (Å²) in [4.78, 5) is 0. The van der Waals surface area contributed by atoms with Gasteiger partial charge in [0.05, 0.1) is 33.0 Å². The average molecular weight is 535 g/mol.